The second kappa shape index (κ2) is 10.3. The number of carbonyl (C=O) groups is 1. The summed E-state index contributed by atoms with van der Waals surface area (Å²) in [5.41, 5.74) is 3.32. The van der Waals surface area contributed by atoms with Crippen molar-refractivity contribution in [3.8, 4) is 5.75 Å². The quantitative estimate of drug-likeness (QED) is 0.296. The Hall–Kier alpha value is -3.08. The van der Waals surface area contributed by atoms with Gasteiger partial charge in [-0.3, -0.25) is 4.79 Å². The summed E-state index contributed by atoms with van der Waals surface area (Å²) in [5, 5.41) is 2.71. The van der Waals surface area contributed by atoms with E-state index in [1.165, 1.54) is 0 Å². The number of imidazole rings is 1. The fourth-order valence-electron chi connectivity index (χ4n) is 3.35. The Kier molecular flexibility index (Phi) is 7.24. The van der Waals surface area contributed by atoms with Gasteiger partial charge in [0.15, 0.2) is 0 Å². The van der Waals surface area contributed by atoms with Crippen LogP contribution in [0, 0.1) is 0 Å². The molecule has 0 saturated carbocycles. The van der Waals surface area contributed by atoms with Gasteiger partial charge in [0.05, 0.1) is 17.6 Å². The van der Waals surface area contributed by atoms with Crippen molar-refractivity contribution in [1.82, 2.24) is 14.9 Å². The Bertz CT molecular complexity index is 917. The summed E-state index contributed by atoms with van der Waals surface area (Å²) in [5.74, 6) is 1.99. The van der Waals surface area contributed by atoms with Crippen LogP contribution in [0.3, 0.4) is 0 Å². The number of allylic oxidation sites excluding steroid dienone is 1. The molecule has 0 atom stereocenters. The van der Waals surface area contributed by atoms with Gasteiger partial charge in [-0.25, -0.2) is 4.98 Å². The summed E-state index contributed by atoms with van der Waals surface area (Å²) in [4.78, 5) is 15.2. The molecule has 1 N–H and O–H groups in total. The van der Waals surface area contributed by atoms with Crippen LogP contribution in [-0.4, -0.2) is 29.1 Å². The van der Waals surface area contributed by atoms with Gasteiger partial charge in [0.25, 0.3) is 0 Å². The van der Waals surface area contributed by atoms with Crippen LogP contribution in [0.25, 0.3) is 11.0 Å². The van der Waals surface area contributed by atoms with Crippen LogP contribution >= 0.6 is 0 Å². The molecule has 3 aromatic rings. The summed E-state index contributed by atoms with van der Waals surface area (Å²) in [6, 6.07) is 16.3. The number of carbonyl (C=O) groups excluding carboxylic acids is 1. The lowest BCUT2D eigenvalue weighted by atomic mass is 10.1. The molecule has 0 bridgehead atoms. The lowest BCUT2D eigenvalue weighted by Gasteiger charge is -2.12. The monoisotopic (exact) mass is 377 g/mol. The molecule has 5 nitrogen and oxygen atoms in total. The fourth-order valence-corrected chi connectivity index (χ4v) is 3.35. The number of hydrogen-bond donors (Lipinski definition) is 1. The van der Waals surface area contributed by atoms with Crippen LogP contribution < -0.4 is 10.1 Å². The van der Waals surface area contributed by atoms with E-state index in [0.717, 1.165) is 66.8 Å². The highest BCUT2D eigenvalue weighted by molar-refractivity contribution is 5.75. The molecule has 28 heavy (non-hydrogen) atoms. The van der Waals surface area contributed by atoms with Gasteiger partial charge < -0.3 is 14.6 Å². The van der Waals surface area contributed by atoms with E-state index in [1.54, 1.807) is 0 Å². The summed E-state index contributed by atoms with van der Waals surface area (Å²) >= 11 is 0. The number of rotatable bonds is 12. The zero-order chi connectivity index (χ0) is 19.6. The van der Waals surface area contributed by atoms with E-state index in [-0.39, 0.29) is 0 Å². The molecule has 0 radical (unpaired) electrons. The number of fused-ring (bicyclic) bond motifs is 1. The minimum atomic E-state index is 0.646. The molecule has 0 aliphatic heterocycles. The number of nitrogens with one attached hydrogen (secondary N) is 1. The normalized spacial score (nSPS) is 10.7. The highest BCUT2D eigenvalue weighted by atomic mass is 16.5. The molecule has 0 aliphatic carbocycles. The van der Waals surface area contributed by atoms with Crippen LogP contribution in [0.1, 0.15) is 24.2 Å². The average Bonchev–Trinajstić information content (AvgIpc) is 3.07. The van der Waals surface area contributed by atoms with Gasteiger partial charge in [-0.1, -0.05) is 36.4 Å². The Balaban J connectivity index is 1.63. The van der Waals surface area contributed by atoms with Gasteiger partial charge >= 0.3 is 0 Å². The molecule has 0 unspecified atom stereocenters. The van der Waals surface area contributed by atoms with E-state index in [2.05, 4.69) is 28.6 Å². The first kappa shape index (κ1) is 19.7. The SMILES string of the molecule is C=CCc1ccccc1OCCCn1c(CCCNC=O)nc2ccccc21. The number of aromatic nitrogens is 2. The standard InChI is InChI=1S/C23H27N3O2/c1-2-9-19-10-3-6-13-22(19)28-17-8-16-26-21-12-5-4-11-20(21)25-23(26)14-7-15-24-18-27/h2-6,10-13,18H,1,7-9,14-17H2,(H,24,27). The van der Waals surface area contributed by atoms with Crippen molar-refractivity contribution >= 4 is 17.4 Å². The van der Waals surface area contributed by atoms with Crippen LogP contribution in [0.15, 0.2) is 61.2 Å². The molecule has 0 fully saturated rings. The number of benzene rings is 2. The maximum atomic E-state index is 10.4. The minimum Gasteiger partial charge on any atom is -0.493 e. The zero-order valence-electron chi connectivity index (χ0n) is 16.1. The van der Waals surface area contributed by atoms with Crippen molar-refractivity contribution in [2.75, 3.05) is 13.2 Å². The molecule has 0 saturated heterocycles. The first-order valence-corrected chi connectivity index (χ1v) is 9.76. The third kappa shape index (κ3) is 5.00. The van der Waals surface area contributed by atoms with Crippen molar-refractivity contribution in [3.63, 3.8) is 0 Å². The number of amides is 1. The van der Waals surface area contributed by atoms with E-state index in [0.29, 0.717) is 13.2 Å². The fraction of sp³-hybridized carbons (Fsp3) is 0.304. The highest BCUT2D eigenvalue weighted by Gasteiger charge is 2.10. The molecular formula is C23H27N3O2. The van der Waals surface area contributed by atoms with Crippen molar-refractivity contribution < 1.29 is 9.53 Å². The third-order valence-electron chi connectivity index (χ3n) is 4.66. The number of nitrogens with zero attached hydrogens (tertiary/aromatic N) is 2. The van der Waals surface area contributed by atoms with E-state index >= 15 is 0 Å². The smallest absolute Gasteiger partial charge is 0.207 e. The lowest BCUT2D eigenvalue weighted by Crippen LogP contribution is -2.14. The Morgan fingerprint density at radius 2 is 1.93 bits per heavy atom. The van der Waals surface area contributed by atoms with Crippen LogP contribution in [0.4, 0.5) is 0 Å². The van der Waals surface area contributed by atoms with Gasteiger partial charge in [0, 0.05) is 19.5 Å². The van der Waals surface area contributed by atoms with Crippen LogP contribution in [-0.2, 0) is 24.2 Å². The number of para-hydroxylation sites is 3. The molecule has 1 amide bonds. The van der Waals surface area contributed by atoms with Gasteiger partial charge in [-0.15, -0.1) is 6.58 Å². The van der Waals surface area contributed by atoms with E-state index in [4.69, 9.17) is 9.72 Å². The van der Waals surface area contributed by atoms with Gasteiger partial charge in [-0.2, -0.15) is 0 Å². The van der Waals surface area contributed by atoms with Crippen LogP contribution in [0.5, 0.6) is 5.75 Å². The van der Waals surface area contributed by atoms with Crippen molar-refractivity contribution in [2.45, 2.75) is 32.2 Å². The molecule has 146 valence electrons. The molecule has 1 heterocycles. The highest BCUT2D eigenvalue weighted by Crippen LogP contribution is 2.20. The molecule has 5 heteroatoms. The average molecular weight is 377 g/mol. The Labute approximate surface area is 166 Å². The number of hydrogen-bond acceptors (Lipinski definition) is 3. The largest absolute Gasteiger partial charge is 0.493 e. The summed E-state index contributed by atoms with van der Waals surface area (Å²) < 4.78 is 8.30. The third-order valence-corrected chi connectivity index (χ3v) is 4.66. The Morgan fingerprint density at radius 3 is 2.79 bits per heavy atom. The van der Waals surface area contributed by atoms with E-state index < -0.39 is 0 Å². The molecule has 2 aromatic carbocycles. The first-order valence-electron chi connectivity index (χ1n) is 9.76. The van der Waals surface area contributed by atoms with Crippen molar-refractivity contribution in [3.05, 3.63) is 72.6 Å². The first-order chi connectivity index (χ1) is 13.8. The second-order valence-corrected chi connectivity index (χ2v) is 6.65. The molecular weight excluding hydrogens is 350 g/mol. The van der Waals surface area contributed by atoms with E-state index in [1.807, 2.05) is 42.5 Å². The number of ether oxygens (including phenoxy) is 1. The predicted octanol–water partition coefficient (Wildman–Crippen LogP) is 3.91. The second-order valence-electron chi connectivity index (χ2n) is 6.65. The predicted molar refractivity (Wildman–Crippen MR) is 113 cm³/mol. The van der Waals surface area contributed by atoms with Gasteiger partial charge in [0.2, 0.25) is 6.41 Å². The zero-order valence-corrected chi connectivity index (χ0v) is 16.1. The minimum absolute atomic E-state index is 0.646. The Morgan fingerprint density at radius 1 is 1.11 bits per heavy atom. The summed E-state index contributed by atoms with van der Waals surface area (Å²) in [6.07, 6.45) is 6.03. The molecule has 0 spiro atoms. The molecule has 3 rings (SSSR count). The lowest BCUT2D eigenvalue weighted by molar-refractivity contribution is -0.109. The van der Waals surface area contributed by atoms with Crippen LogP contribution in [0.2, 0.25) is 0 Å². The molecule has 1 aromatic heterocycles. The maximum Gasteiger partial charge on any atom is 0.207 e. The maximum absolute atomic E-state index is 10.4. The van der Waals surface area contributed by atoms with Gasteiger partial charge in [-0.05, 0) is 43.0 Å². The van der Waals surface area contributed by atoms with E-state index in [9.17, 15) is 4.79 Å². The van der Waals surface area contributed by atoms with Crippen molar-refractivity contribution in [2.24, 2.45) is 0 Å². The summed E-state index contributed by atoms with van der Waals surface area (Å²) in [7, 11) is 0. The van der Waals surface area contributed by atoms with Gasteiger partial charge in [0.1, 0.15) is 11.6 Å². The van der Waals surface area contributed by atoms with Crippen molar-refractivity contribution in [1.29, 1.82) is 0 Å². The molecule has 0 aliphatic rings. The topological polar surface area (TPSA) is 56.1 Å². The summed E-state index contributed by atoms with van der Waals surface area (Å²) in [6.45, 7) is 5.97. The number of aryl methyl sites for hydroxylation is 2.